The molecule has 0 saturated carbocycles. The maximum atomic E-state index is 12.1. The largest absolute Gasteiger partial charge is 0.502 e. The van der Waals surface area contributed by atoms with Crippen LogP contribution in [0.4, 0.5) is 11.4 Å². The molecule has 28 heavy (non-hydrogen) atoms. The van der Waals surface area contributed by atoms with E-state index < -0.39 is 22.3 Å². The Morgan fingerprint density at radius 3 is 2.68 bits per heavy atom. The fourth-order valence-corrected chi connectivity index (χ4v) is 3.03. The molecular formula is C16H13ClN6O4S. The highest BCUT2D eigenvalue weighted by Crippen LogP contribution is 2.29. The lowest BCUT2D eigenvalue weighted by molar-refractivity contribution is -0.385. The summed E-state index contributed by atoms with van der Waals surface area (Å²) in [5, 5.41) is 31.6. The van der Waals surface area contributed by atoms with Crippen molar-refractivity contribution in [3.63, 3.8) is 0 Å². The molecule has 0 unspecified atom stereocenters. The van der Waals surface area contributed by atoms with Gasteiger partial charge in [-0.3, -0.25) is 14.9 Å². The number of thioether (sulfide) groups is 1. The fourth-order valence-electron chi connectivity index (χ4n) is 2.25. The highest BCUT2D eigenvalue weighted by molar-refractivity contribution is 7.99. The van der Waals surface area contributed by atoms with E-state index >= 15 is 0 Å². The second kappa shape index (κ2) is 8.15. The number of nitrogens with zero attached hydrogens (tertiary/aromatic N) is 4. The average Bonchev–Trinajstić information content (AvgIpc) is 3.02. The summed E-state index contributed by atoms with van der Waals surface area (Å²) in [6.07, 6.45) is 0. The number of amides is 1. The lowest BCUT2D eigenvalue weighted by atomic mass is 10.2. The zero-order valence-electron chi connectivity index (χ0n) is 14.1. The first kappa shape index (κ1) is 19.5. The number of phenolic OH excluding ortho intramolecular Hbond substituents is 1. The van der Waals surface area contributed by atoms with Crippen molar-refractivity contribution in [3.8, 4) is 17.1 Å². The number of carbonyl (C=O) groups is 1. The molecule has 0 atom stereocenters. The molecule has 1 heterocycles. The maximum Gasteiger partial charge on any atom is 0.312 e. The number of nitro benzene ring substituents is 1. The minimum Gasteiger partial charge on any atom is -0.502 e. The highest BCUT2D eigenvalue weighted by Gasteiger charge is 2.16. The number of rotatable bonds is 6. The number of nitrogens with two attached hydrogens (primary N) is 1. The molecule has 0 saturated heterocycles. The first-order valence-corrected chi connectivity index (χ1v) is 9.08. The number of anilines is 1. The normalized spacial score (nSPS) is 10.6. The van der Waals surface area contributed by atoms with Gasteiger partial charge in [0.15, 0.2) is 11.6 Å². The van der Waals surface area contributed by atoms with E-state index in [4.69, 9.17) is 17.4 Å². The number of carbonyl (C=O) groups excluding carboxylic acids is 1. The van der Waals surface area contributed by atoms with E-state index in [0.29, 0.717) is 21.6 Å². The predicted molar refractivity (Wildman–Crippen MR) is 105 cm³/mol. The smallest absolute Gasteiger partial charge is 0.312 e. The third-order valence-electron chi connectivity index (χ3n) is 3.56. The maximum absolute atomic E-state index is 12.1. The van der Waals surface area contributed by atoms with E-state index in [1.54, 1.807) is 24.3 Å². The van der Waals surface area contributed by atoms with E-state index in [-0.39, 0.29) is 11.4 Å². The van der Waals surface area contributed by atoms with Crippen molar-refractivity contribution < 1.29 is 14.8 Å². The number of phenols is 1. The quantitative estimate of drug-likeness (QED) is 0.181. The molecule has 0 fully saturated rings. The van der Waals surface area contributed by atoms with Gasteiger partial charge in [-0.2, -0.15) is 0 Å². The standard InChI is InChI=1S/C16H13ClN6O4S/c17-10-3-1-9(2-4-10)15-20-21-16(22(15)18)28-8-14(25)19-11-5-6-13(24)12(7-11)23(26)27/h1-7,24H,8,18H2,(H,19,25). The molecule has 0 bridgehead atoms. The van der Waals surface area contributed by atoms with E-state index in [9.17, 15) is 20.0 Å². The van der Waals surface area contributed by atoms with E-state index in [0.717, 1.165) is 23.9 Å². The summed E-state index contributed by atoms with van der Waals surface area (Å²) >= 11 is 6.91. The first-order chi connectivity index (χ1) is 13.3. The van der Waals surface area contributed by atoms with Crippen molar-refractivity contribution in [2.75, 3.05) is 16.9 Å². The van der Waals surface area contributed by atoms with Crippen molar-refractivity contribution >= 4 is 40.6 Å². The molecule has 3 aromatic rings. The van der Waals surface area contributed by atoms with Gasteiger partial charge in [0.25, 0.3) is 0 Å². The molecule has 12 heteroatoms. The van der Waals surface area contributed by atoms with Gasteiger partial charge in [0.05, 0.1) is 10.7 Å². The Bertz CT molecular complexity index is 1040. The summed E-state index contributed by atoms with van der Waals surface area (Å²) in [4.78, 5) is 22.2. The van der Waals surface area contributed by atoms with Crippen molar-refractivity contribution in [1.82, 2.24) is 14.9 Å². The SMILES string of the molecule is Nn1c(SCC(=O)Nc2ccc(O)c([N+](=O)[O-])c2)nnc1-c1ccc(Cl)cc1. The number of halogens is 1. The summed E-state index contributed by atoms with van der Waals surface area (Å²) in [5.41, 5.74) is 0.401. The number of nitrogens with one attached hydrogen (secondary N) is 1. The molecule has 1 amide bonds. The van der Waals surface area contributed by atoms with Crippen LogP contribution in [0.15, 0.2) is 47.6 Å². The van der Waals surface area contributed by atoms with Crippen LogP contribution in [0.25, 0.3) is 11.4 Å². The second-order valence-electron chi connectivity index (χ2n) is 5.48. The average molecular weight is 421 g/mol. The van der Waals surface area contributed by atoms with Gasteiger partial charge in [-0.15, -0.1) is 10.2 Å². The Balaban J connectivity index is 1.65. The first-order valence-electron chi connectivity index (χ1n) is 7.71. The summed E-state index contributed by atoms with van der Waals surface area (Å²) in [5.74, 6) is 5.43. The van der Waals surface area contributed by atoms with E-state index in [1.165, 1.54) is 10.7 Å². The zero-order chi connectivity index (χ0) is 20.3. The number of benzene rings is 2. The molecule has 2 aromatic carbocycles. The van der Waals surface area contributed by atoms with E-state index in [2.05, 4.69) is 15.5 Å². The van der Waals surface area contributed by atoms with Gasteiger partial charge in [0.1, 0.15) is 0 Å². The van der Waals surface area contributed by atoms with E-state index in [1.807, 2.05) is 0 Å². The number of hydrogen-bond donors (Lipinski definition) is 3. The van der Waals surface area contributed by atoms with Gasteiger partial charge >= 0.3 is 5.69 Å². The number of nitro groups is 1. The van der Waals surface area contributed by atoms with Crippen molar-refractivity contribution in [2.24, 2.45) is 0 Å². The van der Waals surface area contributed by atoms with Crippen LogP contribution < -0.4 is 11.2 Å². The molecule has 0 radical (unpaired) electrons. The summed E-state index contributed by atoms with van der Waals surface area (Å²) < 4.78 is 1.26. The molecule has 10 nitrogen and oxygen atoms in total. The van der Waals surface area contributed by atoms with Gasteiger partial charge in [-0.25, -0.2) is 4.68 Å². The number of nitrogen functional groups attached to an aromatic ring is 1. The summed E-state index contributed by atoms with van der Waals surface area (Å²) in [6.45, 7) is 0. The molecule has 0 aliphatic carbocycles. The minimum atomic E-state index is -0.741. The van der Waals surface area contributed by atoms with Crippen molar-refractivity contribution in [2.45, 2.75) is 5.16 Å². The van der Waals surface area contributed by atoms with Gasteiger partial charge in [-0.1, -0.05) is 23.4 Å². The lowest BCUT2D eigenvalue weighted by Gasteiger charge is -2.06. The fraction of sp³-hybridized carbons (Fsp3) is 0.0625. The van der Waals surface area contributed by atoms with Crippen LogP contribution in [-0.4, -0.2) is 36.6 Å². The van der Waals surface area contributed by atoms with Gasteiger partial charge in [-0.05, 0) is 36.4 Å². The second-order valence-corrected chi connectivity index (χ2v) is 6.86. The Hall–Kier alpha value is -3.31. The van der Waals surface area contributed by atoms with Gasteiger partial charge in [0, 0.05) is 22.3 Å². The molecule has 3 rings (SSSR count). The van der Waals surface area contributed by atoms with Crippen LogP contribution in [0.1, 0.15) is 0 Å². The summed E-state index contributed by atoms with van der Waals surface area (Å²) in [7, 11) is 0. The van der Waals surface area contributed by atoms with Crippen molar-refractivity contribution in [3.05, 3.63) is 57.6 Å². The van der Waals surface area contributed by atoms with Gasteiger partial charge < -0.3 is 16.3 Å². The highest BCUT2D eigenvalue weighted by atomic mass is 35.5. The molecule has 1 aromatic heterocycles. The van der Waals surface area contributed by atoms with Gasteiger partial charge in [0.2, 0.25) is 11.1 Å². The van der Waals surface area contributed by atoms with Crippen LogP contribution in [0.5, 0.6) is 5.75 Å². The van der Waals surface area contributed by atoms with Crippen LogP contribution in [0.2, 0.25) is 5.02 Å². The molecule has 144 valence electrons. The number of aromatic nitrogens is 3. The van der Waals surface area contributed by atoms with Crippen LogP contribution in [0, 0.1) is 10.1 Å². The molecule has 0 aliphatic heterocycles. The molecule has 0 spiro atoms. The minimum absolute atomic E-state index is 0.0510. The topological polar surface area (TPSA) is 149 Å². The Kier molecular flexibility index (Phi) is 5.66. The number of aromatic hydroxyl groups is 1. The lowest BCUT2D eigenvalue weighted by Crippen LogP contribution is -2.16. The predicted octanol–water partition coefficient (Wildman–Crippen LogP) is 2.66. The molecule has 0 aliphatic rings. The Morgan fingerprint density at radius 1 is 1.29 bits per heavy atom. The monoisotopic (exact) mass is 420 g/mol. The Labute approximate surface area is 167 Å². The Morgan fingerprint density at radius 2 is 2.00 bits per heavy atom. The zero-order valence-corrected chi connectivity index (χ0v) is 15.6. The van der Waals surface area contributed by atoms with Crippen LogP contribution in [-0.2, 0) is 4.79 Å². The molecule has 4 N–H and O–H groups in total. The van der Waals surface area contributed by atoms with Crippen LogP contribution in [0.3, 0.4) is 0 Å². The third-order valence-corrected chi connectivity index (χ3v) is 4.75. The van der Waals surface area contributed by atoms with Crippen molar-refractivity contribution in [1.29, 1.82) is 0 Å². The number of hydrogen-bond acceptors (Lipinski definition) is 8. The van der Waals surface area contributed by atoms with Crippen LogP contribution >= 0.6 is 23.4 Å². The molecular weight excluding hydrogens is 408 g/mol. The third kappa shape index (κ3) is 4.32. The summed E-state index contributed by atoms with van der Waals surface area (Å²) in [6, 6.07) is 10.4.